The van der Waals surface area contributed by atoms with Crippen molar-refractivity contribution in [3.05, 3.63) is 11.2 Å². The fourth-order valence-electron chi connectivity index (χ4n) is 0.631. The van der Waals surface area contributed by atoms with Crippen molar-refractivity contribution < 1.29 is 0 Å². The largest absolute Gasteiger partial charge is 0.359 e. The number of hydrogen-bond donors (Lipinski definition) is 1. The summed E-state index contributed by atoms with van der Waals surface area (Å²) in [4.78, 5) is 1.82. The molecular weight excluding hydrogens is 159 g/mol. The number of hydrogen-bond acceptors (Lipinski definition) is 2. The van der Waals surface area contributed by atoms with E-state index in [0.29, 0.717) is 17.4 Å². The fraction of sp³-hybridized carbons (Fsp3) is 0.400. The predicted octanol–water partition coefficient (Wildman–Crippen LogP) is 1.45. The summed E-state index contributed by atoms with van der Waals surface area (Å²) in [6.07, 6.45) is 1.65. The van der Waals surface area contributed by atoms with Crippen molar-refractivity contribution in [1.82, 2.24) is 4.90 Å². The van der Waals surface area contributed by atoms with Crippen LogP contribution < -0.4 is 0 Å². The van der Waals surface area contributed by atoms with Crippen LogP contribution in [0.3, 0.4) is 0 Å². The van der Waals surface area contributed by atoms with Gasteiger partial charge in [0.15, 0.2) is 0 Å². The van der Waals surface area contributed by atoms with Gasteiger partial charge in [-0.2, -0.15) is 0 Å². The molecule has 52 valence electrons. The summed E-state index contributed by atoms with van der Waals surface area (Å²) in [6, 6.07) is 0. The van der Waals surface area contributed by atoms with Crippen molar-refractivity contribution in [3.63, 3.8) is 0 Å². The highest BCUT2D eigenvalue weighted by atomic mass is 35.5. The predicted molar refractivity (Wildman–Crippen MR) is 41.5 cm³/mol. The summed E-state index contributed by atoms with van der Waals surface area (Å²) in [5, 5.41) is 7.77. The highest BCUT2D eigenvalue weighted by molar-refractivity contribution is 6.32. The van der Waals surface area contributed by atoms with E-state index in [2.05, 4.69) is 0 Å². The lowest BCUT2D eigenvalue weighted by atomic mass is 10.4. The Morgan fingerprint density at radius 3 is 2.44 bits per heavy atom. The number of nitrogens with one attached hydrogen (secondary N) is 1. The van der Waals surface area contributed by atoms with Crippen molar-refractivity contribution in [2.24, 2.45) is 0 Å². The van der Waals surface area contributed by atoms with E-state index in [1.54, 1.807) is 6.08 Å². The average molecular weight is 167 g/mol. The molecule has 1 rings (SSSR count). The van der Waals surface area contributed by atoms with Crippen LogP contribution in [0.25, 0.3) is 0 Å². The number of halogens is 2. The summed E-state index contributed by atoms with van der Waals surface area (Å²) in [7, 11) is 1.86. The average Bonchev–Trinajstić information content (AvgIpc) is 1.85. The molecule has 0 bridgehead atoms. The van der Waals surface area contributed by atoms with E-state index in [1.165, 1.54) is 0 Å². The maximum Gasteiger partial charge on any atom is 0.106 e. The van der Waals surface area contributed by atoms with E-state index < -0.39 is 0 Å². The van der Waals surface area contributed by atoms with Gasteiger partial charge in [0.1, 0.15) is 5.16 Å². The minimum absolute atomic E-state index is 0. The van der Waals surface area contributed by atoms with Crippen molar-refractivity contribution in [2.75, 3.05) is 13.6 Å². The van der Waals surface area contributed by atoms with Crippen LogP contribution in [0, 0.1) is 5.41 Å². The quantitative estimate of drug-likeness (QED) is 0.543. The fourth-order valence-corrected chi connectivity index (χ4v) is 0.822. The molecule has 0 aromatic carbocycles. The minimum atomic E-state index is 0. The Morgan fingerprint density at radius 2 is 2.33 bits per heavy atom. The van der Waals surface area contributed by atoms with Crippen molar-refractivity contribution >= 4 is 29.7 Å². The summed E-state index contributed by atoms with van der Waals surface area (Å²) >= 11 is 5.60. The third-order valence-electron chi connectivity index (χ3n) is 1.07. The van der Waals surface area contributed by atoms with Gasteiger partial charge in [0.05, 0.1) is 12.3 Å². The number of nitrogens with zero attached hydrogens (tertiary/aromatic N) is 1. The molecule has 0 aromatic rings. The molecule has 0 fully saturated rings. The van der Waals surface area contributed by atoms with E-state index in [-0.39, 0.29) is 12.4 Å². The molecule has 0 radical (unpaired) electrons. The van der Waals surface area contributed by atoms with Gasteiger partial charge in [-0.3, -0.25) is 0 Å². The van der Waals surface area contributed by atoms with Gasteiger partial charge in [-0.15, -0.1) is 12.4 Å². The topological polar surface area (TPSA) is 27.1 Å². The normalized spacial score (nSPS) is 17.3. The molecule has 0 saturated heterocycles. The zero-order chi connectivity index (χ0) is 6.15. The zero-order valence-corrected chi connectivity index (χ0v) is 6.59. The van der Waals surface area contributed by atoms with Crippen LogP contribution in [0.1, 0.15) is 0 Å². The lowest BCUT2D eigenvalue weighted by Crippen LogP contribution is -2.13. The molecule has 0 amide bonds. The van der Waals surface area contributed by atoms with E-state index in [1.807, 2.05) is 11.9 Å². The van der Waals surface area contributed by atoms with Crippen LogP contribution in [0.5, 0.6) is 0 Å². The van der Waals surface area contributed by atoms with Crippen LogP contribution >= 0.6 is 24.0 Å². The lowest BCUT2D eigenvalue weighted by molar-refractivity contribution is 0.524. The van der Waals surface area contributed by atoms with Gasteiger partial charge in [0.2, 0.25) is 0 Å². The van der Waals surface area contributed by atoms with Crippen molar-refractivity contribution in [1.29, 1.82) is 5.41 Å². The molecule has 0 spiro atoms. The standard InChI is InChI=1S/C5H7ClN2.ClH/c1-8-3-4(7)2-5(8)6;/h2,7H,3H2,1H3;1H. The second kappa shape index (κ2) is 3.08. The third-order valence-corrected chi connectivity index (χ3v) is 1.46. The Bertz CT molecular complexity index is 153. The van der Waals surface area contributed by atoms with Gasteiger partial charge in [0.25, 0.3) is 0 Å². The first-order valence-electron chi connectivity index (χ1n) is 2.36. The second-order valence-corrected chi connectivity index (χ2v) is 2.24. The molecule has 0 aromatic heterocycles. The molecule has 1 heterocycles. The van der Waals surface area contributed by atoms with E-state index in [0.717, 1.165) is 0 Å². The minimum Gasteiger partial charge on any atom is -0.359 e. The molecule has 0 atom stereocenters. The van der Waals surface area contributed by atoms with Crippen LogP contribution in [0.4, 0.5) is 0 Å². The molecule has 4 heteroatoms. The lowest BCUT2D eigenvalue weighted by Gasteiger charge is -2.07. The molecule has 1 aliphatic heterocycles. The van der Waals surface area contributed by atoms with Crippen molar-refractivity contribution in [3.8, 4) is 0 Å². The van der Waals surface area contributed by atoms with Crippen LogP contribution in [0.2, 0.25) is 0 Å². The summed E-state index contributed by atoms with van der Waals surface area (Å²) in [5.41, 5.74) is 0.581. The maximum atomic E-state index is 7.11. The maximum absolute atomic E-state index is 7.11. The van der Waals surface area contributed by atoms with Gasteiger partial charge >= 0.3 is 0 Å². The number of rotatable bonds is 0. The Kier molecular flexibility index (Phi) is 3.01. The van der Waals surface area contributed by atoms with Gasteiger partial charge in [0, 0.05) is 7.05 Å². The molecule has 2 nitrogen and oxygen atoms in total. The first-order chi connectivity index (χ1) is 3.70. The molecule has 9 heavy (non-hydrogen) atoms. The van der Waals surface area contributed by atoms with Gasteiger partial charge < -0.3 is 10.3 Å². The van der Waals surface area contributed by atoms with Gasteiger partial charge in [-0.05, 0) is 6.08 Å². The summed E-state index contributed by atoms with van der Waals surface area (Å²) in [5.74, 6) is 0. The third kappa shape index (κ3) is 1.88. The Labute approximate surface area is 65.4 Å². The van der Waals surface area contributed by atoms with Crippen LogP contribution in [-0.2, 0) is 0 Å². The van der Waals surface area contributed by atoms with E-state index >= 15 is 0 Å². The molecular formula is C5H8Cl2N2. The summed E-state index contributed by atoms with van der Waals surface area (Å²) in [6.45, 7) is 0.652. The SMILES string of the molecule is CN1CC(=N)C=C1Cl.Cl. The van der Waals surface area contributed by atoms with Crippen LogP contribution in [0.15, 0.2) is 11.2 Å². The molecule has 0 saturated carbocycles. The molecule has 1 aliphatic rings. The first-order valence-corrected chi connectivity index (χ1v) is 2.73. The highest BCUT2D eigenvalue weighted by Gasteiger charge is 2.10. The Balaban J connectivity index is 0.000000640. The smallest absolute Gasteiger partial charge is 0.106 e. The molecule has 0 unspecified atom stereocenters. The monoisotopic (exact) mass is 166 g/mol. The van der Waals surface area contributed by atoms with Crippen molar-refractivity contribution in [2.45, 2.75) is 0 Å². The zero-order valence-electron chi connectivity index (χ0n) is 5.02. The summed E-state index contributed by atoms with van der Waals surface area (Å²) < 4.78 is 0. The van der Waals surface area contributed by atoms with Gasteiger partial charge in [-0.25, -0.2) is 0 Å². The van der Waals surface area contributed by atoms with E-state index in [9.17, 15) is 0 Å². The van der Waals surface area contributed by atoms with Crippen LogP contribution in [-0.4, -0.2) is 24.2 Å². The Hall–Kier alpha value is -0.210. The van der Waals surface area contributed by atoms with E-state index in [4.69, 9.17) is 17.0 Å². The second-order valence-electron chi connectivity index (χ2n) is 1.85. The highest BCUT2D eigenvalue weighted by Crippen LogP contribution is 2.12. The Morgan fingerprint density at radius 1 is 1.78 bits per heavy atom. The molecule has 0 aliphatic carbocycles. The molecule has 1 N–H and O–H groups in total. The van der Waals surface area contributed by atoms with Gasteiger partial charge in [-0.1, -0.05) is 11.6 Å². The first kappa shape index (κ1) is 8.79.